The van der Waals surface area contributed by atoms with Gasteiger partial charge < -0.3 is 14.7 Å². The Morgan fingerprint density at radius 3 is 2.78 bits per heavy atom. The van der Waals surface area contributed by atoms with Gasteiger partial charge in [-0.3, -0.25) is 0 Å². The van der Waals surface area contributed by atoms with E-state index >= 15 is 0 Å². The molecule has 0 unspecified atom stereocenters. The third-order valence-electron chi connectivity index (χ3n) is 5.95. The number of aromatic nitrogens is 3. The molecule has 0 aliphatic carbocycles. The summed E-state index contributed by atoms with van der Waals surface area (Å²) in [5.41, 5.74) is 8.65. The summed E-state index contributed by atoms with van der Waals surface area (Å²) in [5, 5.41) is 4.85. The van der Waals surface area contributed by atoms with E-state index in [0.29, 0.717) is 5.92 Å². The number of pyridine rings is 1. The van der Waals surface area contributed by atoms with Gasteiger partial charge in [0.05, 0.1) is 11.4 Å². The van der Waals surface area contributed by atoms with Crippen LogP contribution in [-0.2, 0) is 6.42 Å². The number of H-pyrrole nitrogens is 1. The summed E-state index contributed by atoms with van der Waals surface area (Å²) in [4.78, 5) is 8.23. The van der Waals surface area contributed by atoms with Crippen LogP contribution in [0, 0.1) is 6.92 Å². The van der Waals surface area contributed by atoms with Crippen LogP contribution >= 0.6 is 0 Å². The Hall–Kier alpha value is -2.59. The van der Waals surface area contributed by atoms with Gasteiger partial charge in [-0.25, -0.2) is 4.98 Å². The van der Waals surface area contributed by atoms with Gasteiger partial charge in [-0.05, 0) is 80.6 Å². The number of rotatable bonds is 3. The van der Waals surface area contributed by atoms with Gasteiger partial charge in [0.15, 0.2) is 0 Å². The van der Waals surface area contributed by atoms with E-state index in [1.165, 1.54) is 46.1 Å². The third kappa shape index (κ3) is 2.85. The van der Waals surface area contributed by atoms with Crippen molar-refractivity contribution < 1.29 is 0 Å². The smallest absolute Gasteiger partial charge is 0.136 e. The van der Waals surface area contributed by atoms with Crippen molar-refractivity contribution in [2.24, 2.45) is 0 Å². The molecule has 4 heterocycles. The standard InChI is InChI=1S/C23H26N4/c1-3-19-20-12-17(16-8-10-24-11-9-16)4-6-21(20)26-23(19)18-5-7-22-25-15(2)13-27(22)14-18/h4-7,12-14,16,24,26H,3,8-11H2,1-2H3. The summed E-state index contributed by atoms with van der Waals surface area (Å²) in [6.07, 6.45) is 7.77. The maximum atomic E-state index is 4.54. The first-order valence-corrected chi connectivity index (χ1v) is 10.0. The van der Waals surface area contributed by atoms with Crippen LogP contribution in [0.4, 0.5) is 0 Å². The number of fused-ring (bicyclic) bond motifs is 2. The van der Waals surface area contributed by atoms with Gasteiger partial charge in [0.2, 0.25) is 0 Å². The second-order valence-corrected chi connectivity index (χ2v) is 7.73. The first kappa shape index (κ1) is 16.6. The fourth-order valence-corrected chi connectivity index (χ4v) is 4.55. The van der Waals surface area contributed by atoms with Crippen molar-refractivity contribution in [3.8, 4) is 11.3 Å². The number of hydrogen-bond acceptors (Lipinski definition) is 2. The Morgan fingerprint density at radius 2 is 1.96 bits per heavy atom. The van der Waals surface area contributed by atoms with Crippen LogP contribution in [0.3, 0.4) is 0 Å². The van der Waals surface area contributed by atoms with E-state index in [-0.39, 0.29) is 0 Å². The molecule has 2 N–H and O–H groups in total. The summed E-state index contributed by atoms with van der Waals surface area (Å²) in [7, 11) is 0. The Labute approximate surface area is 159 Å². The van der Waals surface area contributed by atoms with Crippen molar-refractivity contribution >= 4 is 16.6 Å². The van der Waals surface area contributed by atoms with E-state index in [4.69, 9.17) is 0 Å². The normalized spacial score (nSPS) is 15.8. The van der Waals surface area contributed by atoms with E-state index in [2.05, 4.69) is 69.3 Å². The van der Waals surface area contributed by atoms with Gasteiger partial charge in [-0.15, -0.1) is 0 Å². The molecule has 138 valence electrons. The van der Waals surface area contributed by atoms with Crippen LogP contribution in [0.1, 0.15) is 42.5 Å². The summed E-state index contributed by atoms with van der Waals surface area (Å²) < 4.78 is 2.12. The molecule has 0 radical (unpaired) electrons. The van der Waals surface area contributed by atoms with Crippen molar-refractivity contribution in [2.45, 2.75) is 39.0 Å². The lowest BCUT2D eigenvalue weighted by atomic mass is 9.89. The number of piperidine rings is 1. The quantitative estimate of drug-likeness (QED) is 0.551. The second kappa shape index (κ2) is 6.54. The zero-order valence-electron chi connectivity index (χ0n) is 16.0. The van der Waals surface area contributed by atoms with Gasteiger partial charge in [-0.1, -0.05) is 13.0 Å². The lowest BCUT2D eigenvalue weighted by Crippen LogP contribution is -2.26. The lowest BCUT2D eigenvalue weighted by molar-refractivity contribution is 0.460. The summed E-state index contributed by atoms with van der Waals surface area (Å²) in [5.74, 6) is 0.684. The molecule has 0 saturated carbocycles. The average Bonchev–Trinajstić information content (AvgIpc) is 3.26. The molecule has 0 amide bonds. The molecule has 3 aromatic heterocycles. The monoisotopic (exact) mass is 358 g/mol. The molecule has 1 aromatic carbocycles. The van der Waals surface area contributed by atoms with Crippen molar-refractivity contribution in [2.75, 3.05) is 13.1 Å². The topological polar surface area (TPSA) is 45.1 Å². The molecule has 0 bridgehead atoms. The van der Waals surface area contributed by atoms with Gasteiger partial charge in [-0.2, -0.15) is 0 Å². The molecular weight excluding hydrogens is 332 g/mol. The van der Waals surface area contributed by atoms with Gasteiger partial charge in [0.25, 0.3) is 0 Å². The molecule has 1 fully saturated rings. The number of nitrogens with zero attached hydrogens (tertiary/aromatic N) is 2. The van der Waals surface area contributed by atoms with E-state index in [0.717, 1.165) is 30.9 Å². The van der Waals surface area contributed by atoms with Gasteiger partial charge >= 0.3 is 0 Å². The van der Waals surface area contributed by atoms with Crippen LogP contribution in [0.2, 0.25) is 0 Å². The average molecular weight is 358 g/mol. The number of aromatic amines is 1. The molecule has 1 saturated heterocycles. The minimum Gasteiger partial charge on any atom is -0.354 e. The van der Waals surface area contributed by atoms with E-state index in [1.807, 2.05) is 6.92 Å². The molecule has 4 nitrogen and oxygen atoms in total. The second-order valence-electron chi connectivity index (χ2n) is 7.73. The van der Waals surface area contributed by atoms with E-state index in [1.54, 1.807) is 0 Å². The lowest BCUT2D eigenvalue weighted by Gasteiger charge is -2.23. The third-order valence-corrected chi connectivity index (χ3v) is 5.95. The number of aryl methyl sites for hydroxylation is 2. The summed E-state index contributed by atoms with van der Waals surface area (Å²) in [6.45, 7) is 6.55. The van der Waals surface area contributed by atoms with Crippen LogP contribution in [-0.4, -0.2) is 27.5 Å². The molecule has 1 aliphatic heterocycles. The molecule has 0 atom stereocenters. The highest BCUT2D eigenvalue weighted by molar-refractivity contribution is 5.91. The molecule has 27 heavy (non-hydrogen) atoms. The Kier molecular flexibility index (Phi) is 4.01. The van der Waals surface area contributed by atoms with E-state index < -0.39 is 0 Å². The zero-order chi connectivity index (χ0) is 18.4. The Morgan fingerprint density at radius 1 is 1.11 bits per heavy atom. The molecule has 0 spiro atoms. The minimum atomic E-state index is 0.684. The highest BCUT2D eigenvalue weighted by atomic mass is 15.0. The predicted molar refractivity (Wildman–Crippen MR) is 111 cm³/mol. The number of hydrogen-bond donors (Lipinski definition) is 2. The van der Waals surface area contributed by atoms with Crippen molar-refractivity contribution in [1.82, 2.24) is 19.7 Å². The first-order chi connectivity index (χ1) is 13.2. The van der Waals surface area contributed by atoms with Crippen molar-refractivity contribution in [3.05, 3.63) is 59.5 Å². The van der Waals surface area contributed by atoms with Crippen LogP contribution in [0.25, 0.3) is 27.8 Å². The summed E-state index contributed by atoms with van der Waals surface area (Å²) >= 11 is 0. The molecular formula is C23H26N4. The van der Waals surface area contributed by atoms with Crippen LogP contribution in [0.5, 0.6) is 0 Å². The molecule has 5 rings (SSSR count). The number of imidazole rings is 1. The molecule has 4 heteroatoms. The number of benzene rings is 1. The van der Waals surface area contributed by atoms with Gasteiger partial charge in [0, 0.05) is 28.9 Å². The van der Waals surface area contributed by atoms with Crippen LogP contribution < -0.4 is 5.32 Å². The maximum absolute atomic E-state index is 4.54. The highest BCUT2D eigenvalue weighted by Gasteiger charge is 2.18. The van der Waals surface area contributed by atoms with Crippen LogP contribution in [0.15, 0.2) is 42.7 Å². The maximum Gasteiger partial charge on any atom is 0.136 e. The fraction of sp³-hybridized carbons (Fsp3) is 0.348. The van der Waals surface area contributed by atoms with Gasteiger partial charge in [0.1, 0.15) is 5.65 Å². The van der Waals surface area contributed by atoms with Crippen molar-refractivity contribution in [3.63, 3.8) is 0 Å². The van der Waals surface area contributed by atoms with E-state index in [9.17, 15) is 0 Å². The number of nitrogens with one attached hydrogen (secondary N) is 2. The SMILES string of the molecule is CCc1c(-c2ccc3nc(C)cn3c2)[nH]c2ccc(C3CCNCC3)cc12. The fourth-order valence-electron chi connectivity index (χ4n) is 4.55. The largest absolute Gasteiger partial charge is 0.354 e. The zero-order valence-corrected chi connectivity index (χ0v) is 16.0. The minimum absolute atomic E-state index is 0.684. The predicted octanol–water partition coefficient (Wildman–Crippen LogP) is 4.82. The first-order valence-electron chi connectivity index (χ1n) is 10.0. The summed E-state index contributed by atoms with van der Waals surface area (Å²) in [6, 6.07) is 11.3. The Balaban J connectivity index is 1.62. The van der Waals surface area contributed by atoms with Crippen molar-refractivity contribution in [1.29, 1.82) is 0 Å². The molecule has 4 aromatic rings. The Bertz CT molecular complexity index is 1110. The highest BCUT2D eigenvalue weighted by Crippen LogP contribution is 2.34. The molecule has 1 aliphatic rings.